The van der Waals surface area contributed by atoms with Crippen LogP contribution in [-0.2, 0) is 4.74 Å². The van der Waals surface area contributed by atoms with E-state index in [-0.39, 0.29) is 6.10 Å². The number of aliphatic hydroxyl groups is 1. The number of β-amino-alcohol motifs (C(OH)–C–C–N with tert-alkyl or cyclic N) is 1. The van der Waals surface area contributed by atoms with Crippen molar-refractivity contribution >= 4 is 5.71 Å². The highest BCUT2D eigenvalue weighted by Gasteiger charge is 2.18. The van der Waals surface area contributed by atoms with Crippen molar-refractivity contribution in [3.63, 3.8) is 0 Å². The van der Waals surface area contributed by atoms with E-state index in [0.29, 0.717) is 19.1 Å². The van der Waals surface area contributed by atoms with Gasteiger partial charge in [-0.15, -0.1) is 0 Å². The Morgan fingerprint density at radius 1 is 1.18 bits per heavy atom. The summed E-state index contributed by atoms with van der Waals surface area (Å²) in [6.45, 7) is 16.5. The number of piperazine rings is 1. The van der Waals surface area contributed by atoms with Gasteiger partial charge in [-0.05, 0) is 26.2 Å². The van der Waals surface area contributed by atoms with Crippen LogP contribution in [-0.4, -0.2) is 85.7 Å². The van der Waals surface area contributed by atoms with Gasteiger partial charge in [-0.25, -0.2) is 0 Å². The van der Waals surface area contributed by atoms with Crippen LogP contribution in [0.3, 0.4) is 0 Å². The summed E-state index contributed by atoms with van der Waals surface area (Å²) in [6.07, 6.45) is 0.737. The molecule has 0 saturated carbocycles. The van der Waals surface area contributed by atoms with Crippen LogP contribution < -0.4 is 0 Å². The molecule has 0 radical (unpaired) electrons. The fourth-order valence-electron chi connectivity index (χ4n) is 2.84. The molecule has 1 atom stereocenters. The molecule has 1 saturated heterocycles. The number of hydrogen-bond acceptors (Lipinski definition) is 5. The van der Waals surface area contributed by atoms with Gasteiger partial charge in [0.25, 0.3) is 0 Å². The Labute approximate surface area is 136 Å². The zero-order chi connectivity index (χ0) is 16.4. The van der Waals surface area contributed by atoms with Crippen LogP contribution in [0.4, 0.5) is 0 Å². The average molecular weight is 313 g/mol. The normalized spacial score (nSPS) is 19.8. The first kappa shape index (κ1) is 19.6. The van der Waals surface area contributed by atoms with Crippen LogP contribution in [0.25, 0.3) is 0 Å². The average Bonchev–Trinajstić information content (AvgIpc) is 2.46. The first-order valence-electron chi connectivity index (χ1n) is 8.71. The fourth-order valence-corrected chi connectivity index (χ4v) is 2.84. The molecule has 5 heteroatoms. The SMILES string of the molecule is CCOCC(O)CN1CCN(CCN=C(C)CC(C)C)CC1. The number of rotatable bonds is 10. The summed E-state index contributed by atoms with van der Waals surface area (Å²) in [5.41, 5.74) is 1.27. The quantitative estimate of drug-likeness (QED) is 0.621. The molecule has 5 nitrogen and oxygen atoms in total. The third-order valence-electron chi connectivity index (χ3n) is 3.95. The van der Waals surface area contributed by atoms with Gasteiger partial charge in [-0.1, -0.05) is 13.8 Å². The van der Waals surface area contributed by atoms with Gasteiger partial charge in [0.05, 0.1) is 19.3 Å². The molecule has 0 bridgehead atoms. The van der Waals surface area contributed by atoms with Crippen LogP contribution in [0.1, 0.15) is 34.1 Å². The van der Waals surface area contributed by atoms with E-state index in [4.69, 9.17) is 4.74 Å². The number of aliphatic hydroxyl groups excluding tert-OH is 1. The van der Waals surface area contributed by atoms with Gasteiger partial charge in [0.2, 0.25) is 0 Å². The van der Waals surface area contributed by atoms with E-state index in [1.807, 2.05) is 6.92 Å². The molecule has 1 heterocycles. The Morgan fingerprint density at radius 3 is 2.41 bits per heavy atom. The molecule has 0 amide bonds. The van der Waals surface area contributed by atoms with Crippen molar-refractivity contribution in [2.45, 2.75) is 40.2 Å². The van der Waals surface area contributed by atoms with Crippen molar-refractivity contribution in [3.05, 3.63) is 0 Å². The minimum Gasteiger partial charge on any atom is -0.389 e. The van der Waals surface area contributed by atoms with Gasteiger partial charge in [0.15, 0.2) is 0 Å². The molecule has 1 unspecified atom stereocenters. The lowest BCUT2D eigenvalue weighted by Crippen LogP contribution is -2.49. The summed E-state index contributed by atoms with van der Waals surface area (Å²) in [7, 11) is 0. The predicted molar refractivity (Wildman–Crippen MR) is 92.8 cm³/mol. The van der Waals surface area contributed by atoms with E-state index in [2.05, 4.69) is 35.6 Å². The van der Waals surface area contributed by atoms with E-state index in [1.54, 1.807) is 0 Å². The zero-order valence-electron chi connectivity index (χ0n) is 14.9. The fraction of sp³-hybridized carbons (Fsp3) is 0.941. The van der Waals surface area contributed by atoms with Crippen LogP contribution in [0.15, 0.2) is 4.99 Å². The Kier molecular flexibility index (Phi) is 9.87. The molecule has 130 valence electrons. The summed E-state index contributed by atoms with van der Waals surface area (Å²) in [5.74, 6) is 0.690. The van der Waals surface area contributed by atoms with Crippen LogP contribution in [0, 0.1) is 5.92 Å². The minimum absolute atomic E-state index is 0.366. The maximum atomic E-state index is 9.87. The molecule has 22 heavy (non-hydrogen) atoms. The lowest BCUT2D eigenvalue weighted by Gasteiger charge is -2.35. The second kappa shape index (κ2) is 11.1. The standard InChI is InChI=1S/C17H35N3O2/c1-5-22-14-17(21)13-20-10-8-19(9-11-20)7-6-18-16(4)12-15(2)3/h15,17,21H,5-14H2,1-4H3. The third-order valence-corrected chi connectivity index (χ3v) is 3.95. The van der Waals surface area contributed by atoms with Gasteiger partial charge in [0, 0.05) is 51.6 Å². The van der Waals surface area contributed by atoms with Crippen molar-refractivity contribution in [2.75, 3.05) is 59.0 Å². The van der Waals surface area contributed by atoms with E-state index in [9.17, 15) is 5.11 Å². The molecule has 1 fully saturated rings. The van der Waals surface area contributed by atoms with Crippen LogP contribution in [0.5, 0.6) is 0 Å². The van der Waals surface area contributed by atoms with Gasteiger partial charge in [0.1, 0.15) is 0 Å². The molecule has 0 aromatic heterocycles. The molecule has 0 spiro atoms. The van der Waals surface area contributed by atoms with Crippen molar-refractivity contribution in [2.24, 2.45) is 10.9 Å². The Morgan fingerprint density at radius 2 is 1.82 bits per heavy atom. The number of ether oxygens (including phenoxy) is 1. The highest BCUT2D eigenvalue weighted by atomic mass is 16.5. The maximum absolute atomic E-state index is 9.87. The number of hydrogen-bond donors (Lipinski definition) is 1. The molecule has 1 aliphatic rings. The lowest BCUT2D eigenvalue weighted by molar-refractivity contribution is 0.0111. The topological polar surface area (TPSA) is 48.3 Å². The second-order valence-electron chi connectivity index (χ2n) is 6.67. The van der Waals surface area contributed by atoms with Crippen molar-refractivity contribution in [1.29, 1.82) is 0 Å². The van der Waals surface area contributed by atoms with Gasteiger partial charge in [-0.2, -0.15) is 0 Å². The monoisotopic (exact) mass is 313 g/mol. The summed E-state index contributed by atoms with van der Waals surface area (Å²) in [5, 5.41) is 9.87. The summed E-state index contributed by atoms with van der Waals surface area (Å²) >= 11 is 0. The van der Waals surface area contributed by atoms with Crippen LogP contribution >= 0.6 is 0 Å². The summed E-state index contributed by atoms with van der Waals surface area (Å²) < 4.78 is 5.26. The highest BCUT2D eigenvalue weighted by Crippen LogP contribution is 2.04. The van der Waals surface area contributed by atoms with Gasteiger partial charge in [-0.3, -0.25) is 14.8 Å². The third kappa shape index (κ3) is 8.83. The van der Waals surface area contributed by atoms with Gasteiger partial charge < -0.3 is 9.84 Å². The van der Waals surface area contributed by atoms with Crippen molar-refractivity contribution < 1.29 is 9.84 Å². The Balaban J connectivity index is 2.14. The zero-order valence-corrected chi connectivity index (χ0v) is 14.9. The van der Waals surface area contributed by atoms with Gasteiger partial charge >= 0.3 is 0 Å². The largest absolute Gasteiger partial charge is 0.389 e. The van der Waals surface area contributed by atoms with E-state index in [1.165, 1.54) is 5.71 Å². The Hall–Kier alpha value is -0.490. The van der Waals surface area contributed by atoms with Crippen molar-refractivity contribution in [3.8, 4) is 0 Å². The lowest BCUT2D eigenvalue weighted by atomic mass is 10.1. The minimum atomic E-state index is -0.366. The molecule has 1 aliphatic heterocycles. The molecular weight excluding hydrogens is 278 g/mol. The molecule has 0 aliphatic carbocycles. The molecule has 0 aromatic carbocycles. The Bertz CT molecular complexity index is 313. The first-order chi connectivity index (χ1) is 10.5. The summed E-state index contributed by atoms with van der Waals surface area (Å²) in [4.78, 5) is 9.46. The maximum Gasteiger partial charge on any atom is 0.0900 e. The molecular formula is C17H35N3O2. The smallest absolute Gasteiger partial charge is 0.0900 e. The number of nitrogens with zero attached hydrogens (tertiary/aromatic N) is 3. The predicted octanol–water partition coefficient (Wildman–Crippen LogP) is 1.51. The molecule has 0 aromatic rings. The second-order valence-corrected chi connectivity index (χ2v) is 6.67. The van der Waals surface area contributed by atoms with E-state index in [0.717, 1.165) is 52.2 Å². The van der Waals surface area contributed by atoms with E-state index >= 15 is 0 Å². The molecule has 1 rings (SSSR count). The van der Waals surface area contributed by atoms with E-state index < -0.39 is 0 Å². The molecule has 1 N–H and O–H groups in total. The highest BCUT2D eigenvalue weighted by molar-refractivity contribution is 5.82. The number of aliphatic imine (C=N–C) groups is 1. The van der Waals surface area contributed by atoms with Crippen molar-refractivity contribution in [1.82, 2.24) is 9.80 Å². The summed E-state index contributed by atoms with van der Waals surface area (Å²) in [6, 6.07) is 0. The van der Waals surface area contributed by atoms with Crippen LogP contribution in [0.2, 0.25) is 0 Å². The first-order valence-corrected chi connectivity index (χ1v) is 8.71.